The molecule has 0 aliphatic rings. The van der Waals surface area contributed by atoms with E-state index in [9.17, 15) is 14.4 Å². The zero-order chi connectivity index (χ0) is 48.6. The molecule has 0 heterocycles. The topological polar surface area (TPSA) is 78.9 Å². The molecule has 0 N–H and O–H groups in total. The van der Waals surface area contributed by atoms with E-state index in [0.717, 1.165) is 64.2 Å². The molecule has 0 amide bonds. The van der Waals surface area contributed by atoms with Crippen LogP contribution in [0.3, 0.4) is 0 Å². The minimum Gasteiger partial charge on any atom is -0.462 e. The highest BCUT2D eigenvalue weighted by Gasteiger charge is 2.19. The molecule has 0 aliphatic heterocycles. The van der Waals surface area contributed by atoms with Gasteiger partial charge in [-0.1, -0.05) is 263 Å². The molecular weight excluding hydrogens is 829 g/mol. The van der Waals surface area contributed by atoms with Gasteiger partial charge in [-0.3, -0.25) is 14.4 Å². The molecule has 0 bridgehead atoms. The van der Waals surface area contributed by atoms with Crippen molar-refractivity contribution < 1.29 is 28.6 Å². The van der Waals surface area contributed by atoms with Crippen molar-refractivity contribution >= 4 is 17.9 Å². The number of unbranched alkanes of at least 4 members (excludes halogenated alkanes) is 40. The molecule has 6 nitrogen and oxygen atoms in total. The molecule has 1 unspecified atom stereocenters. The summed E-state index contributed by atoms with van der Waals surface area (Å²) in [7, 11) is 0. The molecule has 0 radical (unpaired) electrons. The number of ether oxygens (including phenoxy) is 3. The van der Waals surface area contributed by atoms with Crippen molar-refractivity contribution in [1.82, 2.24) is 0 Å². The smallest absolute Gasteiger partial charge is 0.306 e. The minimum atomic E-state index is -0.771. The molecule has 0 aromatic heterocycles. The van der Waals surface area contributed by atoms with Crippen LogP contribution in [-0.4, -0.2) is 37.2 Å². The molecule has 0 aliphatic carbocycles. The highest BCUT2D eigenvalue weighted by atomic mass is 16.6. The van der Waals surface area contributed by atoms with Gasteiger partial charge in [0.25, 0.3) is 0 Å². The molecule has 394 valence electrons. The summed E-state index contributed by atoms with van der Waals surface area (Å²) in [6.07, 6.45) is 66.1. The fraction of sp³-hybridized carbons (Fsp3) is 0.885. The third-order valence-corrected chi connectivity index (χ3v) is 13.4. The van der Waals surface area contributed by atoms with Gasteiger partial charge in [-0.15, -0.1) is 0 Å². The van der Waals surface area contributed by atoms with Crippen molar-refractivity contribution in [2.24, 2.45) is 0 Å². The average Bonchev–Trinajstić information content (AvgIpc) is 3.33. The first-order valence-electron chi connectivity index (χ1n) is 29.8. The number of hydrogen-bond donors (Lipinski definition) is 0. The molecule has 0 aromatic carbocycles. The molecule has 1 atom stereocenters. The van der Waals surface area contributed by atoms with E-state index in [1.165, 1.54) is 225 Å². The van der Waals surface area contributed by atoms with Crippen LogP contribution in [0.4, 0.5) is 0 Å². The quantitative estimate of drug-likeness (QED) is 0.0262. The SMILES string of the molecule is CCCCCCCC/C=C\CCCCCCCC(=O)OC(COC(=O)CCCCCCCCCCCCC)COC(=O)CCCCCCCCCCCCC/C=C\CCCCCCCCCC. The predicted molar refractivity (Wildman–Crippen MR) is 289 cm³/mol. The van der Waals surface area contributed by atoms with Crippen LogP contribution in [0, 0.1) is 0 Å². The van der Waals surface area contributed by atoms with Crippen molar-refractivity contribution in [1.29, 1.82) is 0 Å². The van der Waals surface area contributed by atoms with Crippen LogP contribution >= 0.6 is 0 Å². The number of carbonyl (C=O) groups excluding carboxylic acids is 3. The van der Waals surface area contributed by atoms with Crippen LogP contribution in [0.15, 0.2) is 24.3 Å². The van der Waals surface area contributed by atoms with Gasteiger partial charge in [0, 0.05) is 19.3 Å². The van der Waals surface area contributed by atoms with E-state index >= 15 is 0 Å². The summed E-state index contributed by atoms with van der Waals surface area (Å²) in [5, 5.41) is 0. The summed E-state index contributed by atoms with van der Waals surface area (Å²) in [5.74, 6) is -0.861. The van der Waals surface area contributed by atoms with Crippen molar-refractivity contribution in [2.75, 3.05) is 13.2 Å². The molecular formula is C61H114O6. The first-order chi connectivity index (χ1) is 33.0. The van der Waals surface area contributed by atoms with Gasteiger partial charge in [-0.05, 0) is 70.6 Å². The first kappa shape index (κ1) is 64.9. The summed E-state index contributed by atoms with van der Waals surface area (Å²) >= 11 is 0. The second kappa shape index (κ2) is 56.5. The van der Waals surface area contributed by atoms with Gasteiger partial charge in [0.05, 0.1) is 0 Å². The van der Waals surface area contributed by atoms with Gasteiger partial charge >= 0.3 is 17.9 Å². The maximum atomic E-state index is 12.8. The molecule has 0 aromatic rings. The van der Waals surface area contributed by atoms with Crippen molar-refractivity contribution in [3.8, 4) is 0 Å². The highest BCUT2D eigenvalue weighted by molar-refractivity contribution is 5.71. The minimum absolute atomic E-state index is 0.0704. The first-order valence-corrected chi connectivity index (χ1v) is 29.8. The van der Waals surface area contributed by atoms with Crippen molar-refractivity contribution in [3.63, 3.8) is 0 Å². The monoisotopic (exact) mass is 943 g/mol. The normalized spacial score (nSPS) is 12.1. The maximum absolute atomic E-state index is 12.8. The van der Waals surface area contributed by atoms with Crippen LogP contribution in [-0.2, 0) is 28.6 Å². The number of esters is 3. The van der Waals surface area contributed by atoms with Crippen LogP contribution in [0.5, 0.6) is 0 Å². The van der Waals surface area contributed by atoms with Crippen LogP contribution < -0.4 is 0 Å². The lowest BCUT2D eigenvalue weighted by atomic mass is 10.0. The maximum Gasteiger partial charge on any atom is 0.306 e. The van der Waals surface area contributed by atoms with Crippen LogP contribution in [0.2, 0.25) is 0 Å². The van der Waals surface area contributed by atoms with E-state index in [2.05, 4.69) is 45.1 Å². The van der Waals surface area contributed by atoms with E-state index in [1.807, 2.05) is 0 Å². The van der Waals surface area contributed by atoms with Gasteiger partial charge in [0.2, 0.25) is 0 Å². The van der Waals surface area contributed by atoms with Gasteiger partial charge in [-0.25, -0.2) is 0 Å². The van der Waals surface area contributed by atoms with Crippen LogP contribution in [0.1, 0.15) is 329 Å². The Labute approximate surface area is 417 Å². The number of hydrogen-bond acceptors (Lipinski definition) is 6. The fourth-order valence-corrected chi connectivity index (χ4v) is 8.91. The summed E-state index contributed by atoms with van der Waals surface area (Å²) in [4.78, 5) is 38.1. The largest absolute Gasteiger partial charge is 0.462 e. The van der Waals surface area contributed by atoms with Gasteiger partial charge in [0.1, 0.15) is 13.2 Å². The van der Waals surface area contributed by atoms with Gasteiger partial charge in [0.15, 0.2) is 6.10 Å². The Bertz CT molecular complexity index is 1080. The van der Waals surface area contributed by atoms with E-state index < -0.39 is 6.10 Å². The Hall–Kier alpha value is -2.11. The molecule has 0 saturated heterocycles. The van der Waals surface area contributed by atoms with Crippen molar-refractivity contribution in [2.45, 2.75) is 335 Å². The Balaban J connectivity index is 4.23. The summed E-state index contributed by atoms with van der Waals surface area (Å²) < 4.78 is 16.9. The Morgan fingerprint density at radius 1 is 0.284 bits per heavy atom. The molecule has 0 rings (SSSR count). The molecule has 0 spiro atoms. The second-order valence-corrected chi connectivity index (χ2v) is 20.3. The van der Waals surface area contributed by atoms with Gasteiger partial charge < -0.3 is 14.2 Å². The van der Waals surface area contributed by atoms with E-state index in [1.54, 1.807) is 0 Å². The number of carbonyl (C=O) groups is 3. The lowest BCUT2D eigenvalue weighted by Gasteiger charge is -2.18. The Kier molecular flexibility index (Phi) is 54.7. The standard InChI is InChI=1S/C61H114O6/c1-4-7-10-13-16-19-22-24-26-27-28-29-30-31-32-33-35-36-39-42-45-48-51-54-60(63)66-57-58(56-65-59(62)53-50-47-44-41-38-21-18-15-12-9-6-3)67-61(64)55-52-49-46-43-40-37-34-25-23-20-17-14-11-8-5-2/h25,27-28,34,58H,4-24,26,29-33,35-57H2,1-3H3/b28-27-,34-25-. The van der Waals surface area contributed by atoms with Crippen molar-refractivity contribution in [3.05, 3.63) is 24.3 Å². The number of rotatable bonds is 55. The summed E-state index contributed by atoms with van der Waals surface area (Å²) in [6.45, 7) is 6.66. The van der Waals surface area contributed by atoms with E-state index in [4.69, 9.17) is 14.2 Å². The zero-order valence-electron chi connectivity index (χ0n) is 45.2. The highest BCUT2D eigenvalue weighted by Crippen LogP contribution is 2.17. The lowest BCUT2D eigenvalue weighted by molar-refractivity contribution is -0.167. The van der Waals surface area contributed by atoms with E-state index in [0.29, 0.717) is 19.3 Å². The summed E-state index contributed by atoms with van der Waals surface area (Å²) in [6, 6.07) is 0. The van der Waals surface area contributed by atoms with Crippen LogP contribution in [0.25, 0.3) is 0 Å². The lowest BCUT2D eigenvalue weighted by Crippen LogP contribution is -2.30. The fourth-order valence-electron chi connectivity index (χ4n) is 8.91. The molecule has 6 heteroatoms. The third kappa shape index (κ3) is 54.7. The molecule has 67 heavy (non-hydrogen) atoms. The average molecular weight is 944 g/mol. The Morgan fingerprint density at radius 2 is 0.493 bits per heavy atom. The predicted octanol–water partition coefficient (Wildman–Crippen LogP) is 19.9. The summed E-state index contributed by atoms with van der Waals surface area (Å²) in [5.41, 5.74) is 0. The Morgan fingerprint density at radius 3 is 0.746 bits per heavy atom. The van der Waals surface area contributed by atoms with Gasteiger partial charge in [-0.2, -0.15) is 0 Å². The number of allylic oxidation sites excluding steroid dienone is 4. The zero-order valence-corrected chi connectivity index (χ0v) is 45.2. The molecule has 0 saturated carbocycles. The third-order valence-electron chi connectivity index (χ3n) is 13.4. The molecule has 0 fully saturated rings. The van der Waals surface area contributed by atoms with E-state index in [-0.39, 0.29) is 31.1 Å². The second-order valence-electron chi connectivity index (χ2n) is 20.3.